The third-order valence-corrected chi connectivity index (χ3v) is 6.35. The molecule has 0 unspecified atom stereocenters. The maximum Gasteiger partial charge on any atom is 0.243 e. The van der Waals surface area contributed by atoms with Crippen molar-refractivity contribution in [2.24, 2.45) is 7.05 Å². The van der Waals surface area contributed by atoms with Crippen molar-refractivity contribution in [2.75, 3.05) is 13.1 Å². The minimum absolute atomic E-state index is 0.346. The summed E-state index contributed by atoms with van der Waals surface area (Å²) in [4.78, 5) is 0.346. The zero-order valence-corrected chi connectivity index (χ0v) is 14.2. The van der Waals surface area contributed by atoms with Crippen molar-refractivity contribution in [3.05, 3.63) is 72.4 Å². The van der Waals surface area contributed by atoms with Gasteiger partial charge in [-0.2, -0.15) is 4.31 Å². The number of hydrogen-bond acceptors (Lipinski definition) is 2. The van der Waals surface area contributed by atoms with E-state index < -0.39 is 10.0 Å². The Morgan fingerprint density at radius 2 is 1.79 bits per heavy atom. The van der Waals surface area contributed by atoms with E-state index in [9.17, 15) is 8.42 Å². The van der Waals surface area contributed by atoms with E-state index in [2.05, 4.69) is 28.8 Å². The van der Waals surface area contributed by atoms with Crippen molar-refractivity contribution >= 4 is 26.5 Å². The molecule has 5 heteroatoms. The first-order valence-electron chi connectivity index (χ1n) is 7.85. The molecule has 1 aromatic heterocycles. The monoisotopic (exact) mass is 338 g/mol. The van der Waals surface area contributed by atoms with Gasteiger partial charge in [-0.25, -0.2) is 8.42 Å². The SMILES string of the molecule is Cn1ccc2cc(C3=CCN(S(=O)(=O)c4ccccc4)C3)ccc21. The Labute approximate surface area is 141 Å². The number of aromatic nitrogens is 1. The Bertz CT molecular complexity index is 1030. The number of sulfonamides is 1. The molecule has 0 amide bonds. The van der Waals surface area contributed by atoms with E-state index in [4.69, 9.17) is 0 Å². The summed E-state index contributed by atoms with van der Waals surface area (Å²) in [5.74, 6) is 0. The van der Waals surface area contributed by atoms with Gasteiger partial charge in [0.1, 0.15) is 0 Å². The maximum absolute atomic E-state index is 12.7. The van der Waals surface area contributed by atoms with Gasteiger partial charge < -0.3 is 4.57 Å². The molecule has 0 aliphatic carbocycles. The lowest BCUT2D eigenvalue weighted by Gasteiger charge is -2.16. The van der Waals surface area contributed by atoms with Crippen LogP contribution in [0.15, 0.2) is 71.8 Å². The Morgan fingerprint density at radius 3 is 2.58 bits per heavy atom. The van der Waals surface area contributed by atoms with Crippen LogP contribution >= 0.6 is 0 Å². The Balaban J connectivity index is 1.61. The topological polar surface area (TPSA) is 42.3 Å². The standard InChI is InChI=1S/C19H18N2O2S/c1-20-11-9-16-13-15(7-8-19(16)20)17-10-12-21(14-17)24(22,23)18-5-3-2-4-6-18/h2-11,13H,12,14H2,1H3. The second-order valence-electron chi connectivity index (χ2n) is 6.04. The number of rotatable bonds is 3. The van der Waals surface area contributed by atoms with Gasteiger partial charge in [0, 0.05) is 37.2 Å². The van der Waals surface area contributed by atoms with Crippen LogP contribution in [0.1, 0.15) is 5.56 Å². The summed E-state index contributed by atoms with van der Waals surface area (Å²) in [6.07, 6.45) is 4.04. The van der Waals surface area contributed by atoms with Gasteiger partial charge >= 0.3 is 0 Å². The minimum Gasteiger partial charge on any atom is -0.351 e. The van der Waals surface area contributed by atoms with E-state index >= 15 is 0 Å². The van der Waals surface area contributed by atoms with Gasteiger partial charge in [0.2, 0.25) is 10.0 Å². The number of fused-ring (bicyclic) bond motifs is 1. The van der Waals surface area contributed by atoms with Gasteiger partial charge in [-0.15, -0.1) is 0 Å². The van der Waals surface area contributed by atoms with Crippen molar-refractivity contribution < 1.29 is 8.42 Å². The van der Waals surface area contributed by atoms with E-state index in [1.807, 2.05) is 25.4 Å². The Kier molecular flexibility index (Phi) is 3.55. The summed E-state index contributed by atoms with van der Waals surface area (Å²) in [7, 11) is -1.42. The summed E-state index contributed by atoms with van der Waals surface area (Å²) in [5.41, 5.74) is 3.31. The smallest absolute Gasteiger partial charge is 0.243 e. The highest BCUT2D eigenvalue weighted by molar-refractivity contribution is 7.89. The van der Waals surface area contributed by atoms with Gasteiger partial charge in [0.25, 0.3) is 0 Å². The van der Waals surface area contributed by atoms with Crippen LogP contribution in [0.4, 0.5) is 0 Å². The molecule has 2 heterocycles. The fraction of sp³-hybridized carbons (Fsp3) is 0.158. The first-order chi connectivity index (χ1) is 11.6. The zero-order valence-electron chi connectivity index (χ0n) is 13.4. The van der Waals surface area contributed by atoms with Gasteiger partial charge in [-0.1, -0.05) is 30.3 Å². The van der Waals surface area contributed by atoms with E-state index in [1.165, 1.54) is 15.2 Å². The molecule has 122 valence electrons. The molecular formula is C19H18N2O2S. The molecule has 4 rings (SSSR count). The summed E-state index contributed by atoms with van der Waals surface area (Å²) >= 11 is 0. The lowest BCUT2D eigenvalue weighted by atomic mass is 10.1. The van der Waals surface area contributed by atoms with Gasteiger partial charge in [0.05, 0.1) is 4.90 Å². The minimum atomic E-state index is -3.44. The van der Waals surface area contributed by atoms with Crippen molar-refractivity contribution in [1.29, 1.82) is 0 Å². The molecule has 24 heavy (non-hydrogen) atoms. The molecule has 2 aromatic carbocycles. The van der Waals surface area contributed by atoms with Gasteiger partial charge in [-0.05, 0) is 41.5 Å². The van der Waals surface area contributed by atoms with Crippen LogP contribution in [-0.4, -0.2) is 30.4 Å². The van der Waals surface area contributed by atoms with Crippen molar-refractivity contribution in [3.8, 4) is 0 Å². The number of hydrogen-bond donors (Lipinski definition) is 0. The molecule has 0 spiro atoms. The van der Waals surface area contributed by atoms with Crippen LogP contribution in [0.2, 0.25) is 0 Å². The third kappa shape index (κ3) is 2.46. The highest BCUT2D eigenvalue weighted by Gasteiger charge is 2.28. The number of benzene rings is 2. The molecule has 1 aliphatic rings. The maximum atomic E-state index is 12.7. The Morgan fingerprint density at radius 1 is 1.00 bits per heavy atom. The molecule has 3 aromatic rings. The second kappa shape index (κ2) is 5.61. The van der Waals surface area contributed by atoms with E-state index in [1.54, 1.807) is 24.3 Å². The molecule has 4 nitrogen and oxygen atoms in total. The summed E-state index contributed by atoms with van der Waals surface area (Å²) < 4.78 is 29.0. The van der Waals surface area contributed by atoms with Gasteiger partial charge in [0.15, 0.2) is 0 Å². The summed E-state index contributed by atoms with van der Waals surface area (Å²) in [6.45, 7) is 0.828. The van der Waals surface area contributed by atoms with E-state index in [0.29, 0.717) is 18.0 Å². The first kappa shape index (κ1) is 15.2. The summed E-state index contributed by atoms with van der Waals surface area (Å²) in [6, 6.07) is 17.0. The molecular weight excluding hydrogens is 320 g/mol. The molecule has 0 saturated heterocycles. The predicted octanol–water partition coefficient (Wildman–Crippen LogP) is 3.27. The summed E-state index contributed by atoms with van der Waals surface area (Å²) in [5, 5.41) is 1.17. The van der Waals surface area contributed by atoms with Crippen LogP contribution in [0.5, 0.6) is 0 Å². The van der Waals surface area contributed by atoms with E-state index in [0.717, 1.165) is 11.1 Å². The lowest BCUT2D eigenvalue weighted by molar-refractivity contribution is 0.490. The molecule has 0 atom stereocenters. The Hall–Kier alpha value is -2.37. The highest BCUT2D eigenvalue weighted by atomic mass is 32.2. The zero-order chi connectivity index (χ0) is 16.7. The van der Waals surface area contributed by atoms with Crippen LogP contribution in [0, 0.1) is 0 Å². The second-order valence-corrected chi connectivity index (χ2v) is 7.98. The van der Waals surface area contributed by atoms with Crippen LogP contribution in [0.3, 0.4) is 0 Å². The lowest BCUT2D eigenvalue weighted by Crippen LogP contribution is -2.29. The molecule has 0 N–H and O–H groups in total. The van der Waals surface area contributed by atoms with Crippen molar-refractivity contribution in [2.45, 2.75) is 4.90 Å². The third-order valence-electron chi connectivity index (χ3n) is 4.53. The van der Waals surface area contributed by atoms with Crippen molar-refractivity contribution in [3.63, 3.8) is 0 Å². The predicted molar refractivity (Wildman–Crippen MR) is 96.1 cm³/mol. The fourth-order valence-electron chi connectivity index (χ4n) is 3.15. The highest BCUT2D eigenvalue weighted by Crippen LogP contribution is 2.28. The van der Waals surface area contributed by atoms with Gasteiger partial charge in [-0.3, -0.25) is 0 Å². The molecule has 0 bridgehead atoms. The molecule has 0 radical (unpaired) electrons. The quantitative estimate of drug-likeness (QED) is 0.735. The van der Waals surface area contributed by atoms with Crippen LogP contribution < -0.4 is 0 Å². The van der Waals surface area contributed by atoms with Crippen LogP contribution in [-0.2, 0) is 17.1 Å². The first-order valence-corrected chi connectivity index (χ1v) is 9.29. The normalized spacial score (nSPS) is 15.8. The average Bonchev–Trinajstić information content (AvgIpc) is 3.23. The average molecular weight is 338 g/mol. The number of nitrogens with zero attached hydrogens (tertiary/aromatic N) is 2. The van der Waals surface area contributed by atoms with E-state index in [-0.39, 0.29) is 0 Å². The van der Waals surface area contributed by atoms with Crippen LogP contribution in [0.25, 0.3) is 16.5 Å². The largest absolute Gasteiger partial charge is 0.351 e. The molecule has 0 saturated carbocycles. The molecule has 0 fully saturated rings. The van der Waals surface area contributed by atoms with Crippen molar-refractivity contribution in [1.82, 2.24) is 8.87 Å². The number of aryl methyl sites for hydroxylation is 1. The fourth-order valence-corrected chi connectivity index (χ4v) is 4.53. The molecule has 1 aliphatic heterocycles.